The fourth-order valence-corrected chi connectivity index (χ4v) is 3.42. The second-order valence-electron chi connectivity index (χ2n) is 4.75. The van der Waals surface area contributed by atoms with Crippen LogP contribution in [0, 0.1) is 0 Å². The van der Waals surface area contributed by atoms with Crippen LogP contribution in [-0.2, 0) is 0 Å². The lowest BCUT2D eigenvalue weighted by atomic mass is 10.2. The van der Waals surface area contributed by atoms with E-state index in [1.807, 2.05) is 18.3 Å². The van der Waals surface area contributed by atoms with E-state index >= 15 is 0 Å². The number of rotatable bonds is 2. The maximum atomic E-state index is 4.80. The fraction of sp³-hybridized carbons (Fsp3) is 0.286. The normalized spacial score (nSPS) is 19.3. The Balaban J connectivity index is 1.98. The van der Waals surface area contributed by atoms with Crippen molar-refractivity contribution < 1.29 is 0 Å². The molecule has 1 fully saturated rings. The molecule has 1 atom stereocenters. The lowest BCUT2D eigenvalue weighted by Gasteiger charge is -2.11. The molecule has 4 rings (SSSR count). The van der Waals surface area contributed by atoms with Crippen molar-refractivity contribution in [1.82, 2.24) is 19.9 Å². The van der Waals surface area contributed by atoms with Gasteiger partial charge in [0, 0.05) is 6.20 Å². The highest BCUT2D eigenvalue weighted by atomic mass is 32.1. The van der Waals surface area contributed by atoms with E-state index in [2.05, 4.69) is 32.4 Å². The number of aromatic nitrogens is 3. The summed E-state index contributed by atoms with van der Waals surface area (Å²) in [4.78, 5) is 9.30. The monoisotopic (exact) mass is 270 g/mol. The second-order valence-corrected chi connectivity index (χ2v) is 5.68. The minimum Gasteiger partial charge on any atom is -0.307 e. The molecule has 1 aliphatic heterocycles. The molecule has 1 unspecified atom stereocenters. The van der Waals surface area contributed by atoms with Crippen LogP contribution in [0.15, 0.2) is 35.8 Å². The number of pyridine rings is 1. The van der Waals surface area contributed by atoms with Crippen LogP contribution in [0.3, 0.4) is 0 Å². The molecule has 4 nitrogen and oxygen atoms in total. The number of hydrogen-bond donors (Lipinski definition) is 1. The van der Waals surface area contributed by atoms with Crippen LogP contribution in [0.5, 0.6) is 0 Å². The highest BCUT2D eigenvalue weighted by Crippen LogP contribution is 2.30. The summed E-state index contributed by atoms with van der Waals surface area (Å²) in [5.41, 5.74) is 1.92. The summed E-state index contributed by atoms with van der Waals surface area (Å²) < 4.78 is 2.20. The van der Waals surface area contributed by atoms with Crippen LogP contribution < -0.4 is 5.32 Å². The lowest BCUT2D eigenvalue weighted by Crippen LogP contribution is -2.17. The molecule has 0 saturated carbocycles. The Morgan fingerprint density at radius 2 is 2.32 bits per heavy atom. The molecule has 0 bridgehead atoms. The number of imidazole rings is 1. The van der Waals surface area contributed by atoms with Crippen molar-refractivity contribution >= 4 is 22.5 Å². The third-order valence-corrected chi connectivity index (χ3v) is 4.39. The second kappa shape index (κ2) is 4.43. The van der Waals surface area contributed by atoms with E-state index in [1.54, 1.807) is 11.3 Å². The predicted octanol–water partition coefficient (Wildman–Crippen LogP) is 2.91. The highest BCUT2D eigenvalue weighted by molar-refractivity contribution is 7.12. The van der Waals surface area contributed by atoms with Crippen LogP contribution in [0.2, 0.25) is 0 Å². The number of hydrogen-bond acceptors (Lipinski definition) is 4. The average molecular weight is 270 g/mol. The van der Waals surface area contributed by atoms with Crippen LogP contribution in [0.1, 0.15) is 24.7 Å². The molecule has 0 spiro atoms. The minimum atomic E-state index is 0.344. The van der Waals surface area contributed by atoms with Gasteiger partial charge in [-0.05, 0) is 49.0 Å². The molecule has 0 aliphatic carbocycles. The average Bonchev–Trinajstić information content (AvgIpc) is 3.17. The minimum absolute atomic E-state index is 0.344. The third kappa shape index (κ3) is 1.77. The molecule has 3 aromatic heterocycles. The Bertz CT molecular complexity index is 695. The van der Waals surface area contributed by atoms with Crippen LogP contribution in [0.4, 0.5) is 0 Å². The maximum Gasteiger partial charge on any atom is 0.165 e. The van der Waals surface area contributed by atoms with E-state index in [0.717, 1.165) is 30.0 Å². The molecule has 5 heteroatoms. The SMILES string of the molecule is c1csc(-n2c(C3CCCN3)nc3cccnc32)c1. The van der Waals surface area contributed by atoms with Gasteiger partial charge in [0.15, 0.2) is 5.65 Å². The Morgan fingerprint density at radius 3 is 3.11 bits per heavy atom. The summed E-state index contributed by atoms with van der Waals surface area (Å²) in [7, 11) is 0. The van der Waals surface area contributed by atoms with Gasteiger partial charge in [-0.3, -0.25) is 4.57 Å². The van der Waals surface area contributed by atoms with Gasteiger partial charge in [-0.25, -0.2) is 9.97 Å². The summed E-state index contributed by atoms with van der Waals surface area (Å²) in [6.07, 6.45) is 4.19. The predicted molar refractivity (Wildman–Crippen MR) is 76.7 cm³/mol. The fourth-order valence-electron chi connectivity index (χ4n) is 2.68. The van der Waals surface area contributed by atoms with Gasteiger partial charge in [0.05, 0.1) is 6.04 Å². The van der Waals surface area contributed by atoms with Crippen molar-refractivity contribution in [2.45, 2.75) is 18.9 Å². The number of nitrogens with zero attached hydrogens (tertiary/aromatic N) is 3. The highest BCUT2D eigenvalue weighted by Gasteiger charge is 2.24. The van der Waals surface area contributed by atoms with Crippen molar-refractivity contribution in [2.24, 2.45) is 0 Å². The summed E-state index contributed by atoms with van der Waals surface area (Å²) in [6, 6.07) is 8.51. The zero-order chi connectivity index (χ0) is 12.7. The zero-order valence-corrected chi connectivity index (χ0v) is 11.2. The smallest absolute Gasteiger partial charge is 0.165 e. The molecule has 19 heavy (non-hydrogen) atoms. The lowest BCUT2D eigenvalue weighted by molar-refractivity contribution is 0.599. The third-order valence-electron chi connectivity index (χ3n) is 3.54. The van der Waals surface area contributed by atoms with Crippen molar-refractivity contribution in [3.8, 4) is 5.00 Å². The largest absolute Gasteiger partial charge is 0.307 e. The summed E-state index contributed by atoms with van der Waals surface area (Å²) in [5.74, 6) is 1.09. The van der Waals surface area contributed by atoms with Crippen molar-refractivity contribution in [3.63, 3.8) is 0 Å². The van der Waals surface area contributed by atoms with Gasteiger partial charge in [-0.1, -0.05) is 0 Å². The van der Waals surface area contributed by atoms with Crippen LogP contribution in [0.25, 0.3) is 16.2 Å². The summed E-state index contributed by atoms with van der Waals surface area (Å²) >= 11 is 1.72. The molecular weight excluding hydrogens is 256 g/mol. The van der Waals surface area contributed by atoms with Crippen LogP contribution >= 0.6 is 11.3 Å². The van der Waals surface area contributed by atoms with E-state index in [0.29, 0.717) is 6.04 Å². The molecule has 0 amide bonds. The number of fused-ring (bicyclic) bond motifs is 1. The van der Waals surface area contributed by atoms with Crippen molar-refractivity contribution in [1.29, 1.82) is 0 Å². The first kappa shape index (κ1) is 11.1. The van der Waals surface area contributed by atoms with Gasteiger partial charge >= 0.3 is 0 Å². The Morgan fingerprint density at radius 1 is 1.32 bits per heavy atom. The number of nitrogens with one attached hydrogen (secondary N) is 1. The topological polar surface area (TPSA) is 42.7 Å². The van der Waals surface area contributed by atoms with Gasteiger partial charge in [0.2, 0.25) is 0 Å². The van der Waals surface area contributed by atoms with E-state index in [9.17, 15) is 0 Å². The van der Waals surface area contributed by atoms with E-state index in [-0.39, 0.29) is 0 Å². The van der Waals surface area contributed by atoms with Gasteiger partial charge in [-0.15, -0.1) is 11.3 Å². The molecule has 96 valence electrons. The Kier molecular flexibility index (Phi) is 2.60. The molecule has 1 saturated heterocycles. The molecule has 0 aromatic carbocycles. The molecule has 3 aromatic rings. The van der Waals surface area contributed by atoms with E-state index < -0.39 is 0 Å². The molecular formula is C14H14N4S. The molecule has 0 radical (unpaired) electrons. The molecule has 4 heterocycles. The van der Waals surface area contributed by atoms with Gasteiger partial charge in [0.25, 0.3) is 0 Å². The van der Waals surface area contributed by atoms with Gasteiger partial charge < -0.3 is 5.32 Å². The van der Waals surface area contributed by atoms with Crippen LogP contribution in [-0.4, -0.2) is 21.1 Å². The first-order valence-corrected chi connectivity index (χ1v) is 7.42. The zero-order valence-electron chi connectivity index (χ0n) is 10.4. The standard InChI is InChI=1S/C14H14N4S/c1-4-10(15-7-1)14-17-11-5-2-8-16-13(11)18(14)12-6-3-9-19-12/h2-3,5-6,8-10,15H,1,4,7H2. The Labute approximate surface area is 115 Å². The quantitative estimate of drug-likeness (QED) is 0.778. The molecule has 1 aliphatic rings. The van der Waals surface area contributed by atoms with Crippen molar-refractivity contribution in [3.05, 3.63) is 41.7 Å². The number of thiophene rings is 1. The van der Waals surface area contributed by atoms with E-state index in [4.69, 9.17) is 4.98 Å². The van der Waals surface area contributed by atoms with Gasteiger partial charge in [0.1, 0.15) is 16.3 Å². The van der Waals surface area contributed by atoms with Crippen molar-refractivity contribution in [2.75, 3.05) is 6.54 Å². The first-order chi connectivity index (χ1) is 9.43. The first-order valence-electron chi connectivity index (χ1n) is 6.54. The van der Waals surface area contributed by atoms with Gasteiger partial charge in [-0.2, -0.15) is 0 Å². The Hall–Kier alpha value is -1.72. The van der Waals surface area contributed by atoms with E-state index in [1.165, 1.54) is 11.4 Å². The summed E-state index contributed by atoms with van der Waals surface area (Å²) in [6.45, 7) is 1.08. The summed E-state index contributed by atoms with van der Waals surface area (Å²) in [5, 5.41) is 6.81. The maximum absolute atomic E-state index is 4.80. The molecule has 1 N–H and O–H groups in total.